The molecule has 0 fully saturated rings. The van der Waals surface area contributed by atoms with Crippen molar-refractivity contribution < 1.29 is 9.59 Å². The van der Waals surface area contributed by atoms with E-state index in [2.05, 4.69) is 20.6 Å². The number of rotatable bonds is 4. The highest BCUT2D eigenvalue weighted by molar-refractivity contribution is 7.22. The predicted molar refractivity (Wildman–Crippen MR) is 95.3 cm³/mol. The summed E-state index contributed by atoms with van der Waals surface area (Å²) in [6.07, 6.45) is 3.13. The molecule has 0 aliphatic heterocycles. The largest absolute Gasteiger partial charge is 0.322 e. The van der Waals surface area contributed by atoms with Gasteiger partial charge in [0.05, 0.1) is 15.8 Å². The van der Waals surface area contributed by atoms with E-state index < -0.39 is 0 Å². The number of pyridine rings is 1. The van der Waals surface area contributed by atoms with Gasteiger partial charge in [-0.25, -0.2) is 4.98 Å². The molecule has 24 heavy (non-hydrogen) atoms. The molecule has 0 aliphatic rings. The highest BCUT2D eigenvalue weighted by Crippen LogP contribution is 2.28. The zero-order chi connectivity index (χ0) is 17.1. The maximum absolute atomic E-state index is 12.1. The fourth-order valence-electron chi connectivity index (χ4n) is 2.01. The minimum Gasteiger partial charge on any atom is -0.322 e. The van der Waals surface area contributed by atoms with E-state index in [1.807, 2.05) is 26.0 Å². The van der Waals surface area contributed by atoms with Crippen molar-refractivity contribution in [2.75, 3.05) is 10.6 Å². The van der Waals surface area contributed by atoms with Crippen LogP contribution < -0.4 is 10.6 Å². The van der Waals surface area contributed by atoms with E-state index in [1.165, 1.54) is 17.5 Å². The first kappa shape index (κ1) is 16.1. The zero-order valence-electron chi connectivity index (χ0n) is 13.2. The summed E-state index contributed by atoms with van der Waals surface area (Å²) in [6.45, 7) is 3.66. The second-order valence-electron chi connectivity index (χ2n) is 5.54. The molecule has 2 heterocycles. The van der Waals surface area contributed by atoms with Crippen molar-refractivity contribution >= 4 is 44.2 Å². The average molecular weight is 340 g/mol. The van der Waals surface area contributed by atoms with Crippen LogP contribution >= 0.6 is 11.3 Å². The molecule has 6 nitrogen and oxygen atoms in total. The van der Waals surface area contributed by atoms with Crippen molar-refractivity contribution in [1.82, 2.24) is 9.97 Å². The number of nitrogens with zero attached hydrogens (tertiary/aromatic N) is 2. The van der Waals surface area contributed by atoms with Crippen LogP contribution in [0.4, 0.5) is 10.8 Å². The SMILES string of the molecule is CC(C)C(=O)Nc1nc2cc(NC(=O)c3cccnc3)ccc2s1. The minimum absolute atomic E-state index is 0.0702. The third-order valence-corrected chi connectivity index (χ3v) is 4.28. The highest BCUT2D eigenvalue weighted by Gasteiger charge is 2.12. The lowest BCUT2D eigenvalue weighted by Gasteiger charge is -2.04. The van der Waals surface area contributed by atoms with Crippen LogP contribution in [0.25, 0.3) is 10.2 Å². The monoisotopic (exact) mass is 340 g/mol. The molecule has 122 valence electrons. The standard InChI is InChI=1S/C17H16N4O2S/c1-10(2)15(22)21-17-20-13-8-12(5-6-14(13)24-17)19-16(23)11-4-3-7-18-9-11/h3-10H,1-2H3,(H,19,23)(H,20,21,22). The number of hydrogen-bond donors (Lipinski definition) is 2. The van der Waals surface area contributed by atoms with Crippen LogP contribution in [0.15, 0.2) is 42.7 Å². The summed E-state index contributed by atoms with van der Waals surface area (Å²) >= 11 is 1.40. The van der Waals surface area contributed by atoms with Gasteiger partial charge in [-0.15, -0.1) is 0 Å². The molecule has 2 N–H and O–H groups in total. The van der Waals surface area contributed by atoms with Gasteiger partial charge in [0.15, 0.2) is 5.13 Å². The van der Waals surface area contributed by atoms with Crippen LogP contribution in [-0.2, 0) is 4.79 Å². The molecule has 0 unspecified atom stereocenters. The quantitative estimate of drug-likeness (QED) is 0.761. The second-order valence-corrected chi connectivity index (χ2v) is 6.57. The molecular weight excluding hydrogens is 324 g/mol. The Morgan fingerprint density at radius 1 is 1.17 bits per heavy atom. The second kappa shape index (κ2) is 6.76. The number of thiazole rings is 1. The summed E-state index contributed by atoms with van der Waals surface area (Å²) in [7, 11) is 0. The minimum atomic E-state index is -0.231. The lowest BCUT2D eigenvalue weighted by Crippen LogP contribution is -2.17. The molecular formula is C17H16N4O2S. The van der Waals surface area contributed by atoms with Gasteiger partial charge in [-0.1, -0.05) is 25.2 Å². The Labute approximate surface area is 142 Å². The molecule has 0 saturated heterocycles. The molecule has 7 heteroatoms. The summed E-state index contributed by atoms with van der Waals surface area (Å²) in [5.74, 6) is -0.406. The van der Waals surface area contributed by atoms with Crippen LogP contribution in [0.5, 0.6) is 0 Å². The Balaban J connectivity index is 1.78. The van der Waals surface area contributed by atoms with Gasteiger partial charge in [0.1, 0.15) is 0 Å². The Kier molecular flexibility index (Phi) is 4.52. The summed E-state index contributed by atoms with van der Waals surface area (Å²) < 4.78 is 0.938. The smallest absolute Gasteiger partial charge is 0.257 e. The number of benzene rings is 1. The van der Waals surface area contributed by atoms with Crippen molar-refractivity contribution in [3.05, 3.63) is 48.3 Å². The Bertz CT molecular complexity index is 890. The summed E-state index contributed by atoms with van der Waals surface area (Å²) in [6, 6.07) is 8.87. The fourth-order valence-corrected chi connectivity index (χ4v) is 2.86. The first-order valence-corrected chi connectivity index (χ1v) is 8.27. The summed E-state index contributed by atoms with van der Waals surface area (Å²) in [5.41, 5.74) is 1.85. The number of amides is 2. The maximum atomic E-state index is 12.1. The van der Waals surface area contributed by atoms with Crippen LogP contribution in [0.1, 0.15) is 24.2 Å². The van der Waals surface area contributed by atoms with Crippen molar-refractivity contribution in [2.45, 2.75) is 13.8 Å². The van der Waals surface area contributed by atoms with E-state index in [4.69, 9.17) is 0 Å². The summed E-state index contributed by atoms with van der Waals surface area (Å²) in [5, 5.41) is 6.16. The molecule has 0 aliphatic carbocycles. The van der Waals surface area contributed by atoms with Crippen molar-refractivity contribution in [1.29, 1.82) is 0 Å². The topological polar surface area (TPSA) is 84.0 Å². The Morgan fingerprint density at radius 2 is 2.00 bits per heavy atom. The van der Waals surface area contributed by atoms with Crippen molar-refractivity contribution in [3.63, 3.8) is 0 Å². The lowest BCUT2D eigenvalue weighted by atomic mass is 10.2. The fraction of sp³-hybridized carbons (Fsp3) is 0.176. The average Bonchev–Trinajstić information content (AvgIpc) is 2.97. The molecule has 0 bridgehead atoms. The van der Waals surface area contributed by atoms with E-state index in [0.717, 1.165) is 10.2 Å². The number of carbonyl (C=O) groups excluding carboxylic acids is 2. The third kappa shape index (κ3) is 3.57. The van der Waals surface area contributed by atoms with Crippen LogP contribution in [0, 0.1) is 5.92 Å². The number of hydrogen-bond acceptors (Lipinski definition) is 5. The van der Waals surface area contributed by atoms with Gasteiger partial charge in [-0.2, -0.15) is 0 Å². The number of nitrogens with one attached hydrogen (secondary N) is 2. The van der Waals surface area contributed by atoms with Crippen molar-refractivity contribution in [2.24, 2.45) is 5.92 Å². The van der Waals surface area contributed by atoms with Crippen LogP contribution in [0.3, 0.4) is 0 Å². The first-order chi connectivity index (χ1) is 11.5. The Morgan fingerprint density at radius 3 is 2.71 bits per heavy atom. The third-order valence-electron chi connectivity index (χ3n) is 3.32. The van der Waals surface area contributed by atoms with Gasteiger partial charge in [0.25, 0.3) is 5.91 Å². The molecule has 0 atom stereocenters. The highest BCUT2D eigenvalue weighted by atomic mass is 32.1. The summed E-state index contributed by atoms with van der Waals surface area (Å²) in [4.78, 5) is 32.2. The molecule has 2 amide bonds. The van der Waals surface area contributed by atoms with Gasteiger partial charge in [0, 0.05) is 24.0 Å². The molecule has 2 aromatic heterocycles. The van der Waals surface area contributed by atoms with E-state index >= 15 is 0 Å². The van der Waals surface area contributed by atoms with Gasteiger partial charge >= 0.3 is 0 Å². The molecule has 0 radical (unpaired) electrons. The van der Waals surface area contributed by atoms with Gasteiger partial charge in [-0.3, -0.25) is 14.6 Å². The molecule has 0 spiro atoms. The van der Waals surface area contributed by atoms with Crippen LogP contribution in [-0.4, -0.2) is 21.8 Å². The van der Waals surface area contributed by atoms with E-state index in [-0.39, 0.29) is 17.7 Å². The van der Waals surface area contributed by atoms with E-state index in [1.54, 1.807) is 24.4 Å². The number of carbonyl (C=O) groups is 2. The first-order valence-electron chi connectivity index (χ1n) is 7.46. The van der Waals surface area contributed by atoms with Gasteiger partial charge in [0.2, 0.25) is 5.91 Å². The zero-order valence-corrected chi connectivity index (χ0v) is 14.1. The van der Waals surface area contributed by atoms with Crippen molar-refractivity contribution in [3.8, 4) is 0 Å². The van der Waals surface area contributed by atoms with Crippen LogP contribution in [0.2, 0.25) is 0 Å². The number of aromatic nitrogens is 2. The van der Waals surface area contributed by atoms with Gasteiger partial charge < -0.3 is 10.6 Å². The Hall–Kier alpha value is -2.80. The van der Waals surface area contributed by atoms with Gasteiger partial charge in [-0.05, 0) is 30.3 Å². The molecule has 0 saturated carbocycles. The lowest BCUT2D eigenvalue weighted by molar-refractivity contribution is -0.118. The molecule has 1 aromatic carbocycles. The van der Waals surface area contributed by atoms with E-state index in [9.17, 15) is 9.59 Å². The number of anilines is 2. The van der Waals surface area contributed by atoms with E-state index in [0.29, 0.717) is 16.4 Å². The molecule has 3 aromatic rings. The predicted octanol–water partition coefficient (Wildman–Crippen LogP) is 3.54. The maximum Gasteiger partial charge on any atom is 0.257 e. The molecule has 3 rings (SSSR count). The number of fused-ring (bicyclic) bond motifs is 1. The normalized spacial score (nSPS) is 10.8.